The second kappa shape index (κ2) is 5.88. The fourth-order valence-electron chi connectivity index (χ4n) is 4.16. The Labute approximate surface area is 151 Å². The number of aliphatic hydroxyl groups is 1. The number of methoxy groups -OCH3 is 1. The van der Waals surface area contributed by atoms with E-state index in [0.717, 1.165) is 16.9 Å². The Morgan fingerprint density at radius 3 is 2.00 bits per heavy atom. The lowest BCUT2D eigenvalue weighted by Crippen LogP contribution is -2.56. The van der Waals surface area contributed by atoms with Gasteiger partial charge in [0.05, 0.1) is 7.11 Å². The maximum Gasteiger partial charge on any atom is 0.124 e. The number of fused-ring (bicyclic) bond motifs is 1. The summed E-state index contributed by atoms with van der Waals surface area (Å²) >= 11 is 0. The fraction of sp³-hybridized carbons (Fsp3) is 0.478. The largest absolute Gasteiger partial charge is 0.497 e. The van der Waals surface area contributed by atoms with Crippen LogP contribution in [0, 0.1) is 0 Å². The molecule has 1 aliphatic carbocycles. The first-order valence-corrected chi connectivity index (χ1v) is 9.20. The molecule has 0 saturated heterocycles. The number of hydrogen-bond donors (Lipinski definition) is 1. The van der Waals surface area contributed by atoms with Crippen LogP contribution < -0.4 is 4.74 Å². The van der Waals surface area contributed by atoms with Crippen LogP contribution in [-0.4, -0.2) is 12.2 Å². The van der Waals surface area contributed by atoms with Gasteiger partial charge >= 0.3 is 0 Å². The topological polar surface area (TPSA) is 29.5 Å². The first kappa shape index (κ1) is 18.0. The van der Waals surface area contributed by atoms with Gasteiger partial charge in [0.25, 0.3) is 0 Å². The molecule has 0 bridgehead atoms. The molecule has 2 aromatic rings. The predicted molar refractivity (Wildman–Crippen MR) is 104 cm³/mol. The Hall–Kier alpha value is -1.80. The molecule has 1 unspecified atom stereocenters. The van der Waals surface area contributed by atoms with Crippen LogP contribution in [0.15, 0.2) is 36.4 Å². The van der Waals surface area contributed by atoms with Crippen molar-refractivity contribution in [1.29, 1.82) is 0 Å². The van der Waals surface area contributed by atoms with Crippen molar-refractivity contribution in [3.8, 4) is 5.75 Å². The summed E-state index contributed by atoms with van der Waals surface area (Å²) in [7, 11) is 1.66. The predicted octanol–water partition coefficient (Wildman–Crippen LogP) is 5.47. The average molecular weight is 338 g/mol. The van der Waals surface area contributed by atoms with Crippen molar-refractivity contribution in [3.05, 3.63) is 64.2 Å². The normalized spacial score (nSPS) is 21.2. The smallest absolute Gasteiger partial charge is 0.124 e. The third kappa shape index (κ3) is 2.42. The molecule has 0 aromatic heterocycles. The van der Waals surface area contributed by atoms with Gasteiger partial charge in [0, 0.05) is 5.41 Å². The van der Waals surface area contributed by atoms with Gasteiger partial charge in [-0.1, -0.05) is 65.8 Å². The number of benzene rings is 2. The van der Waals surface area contributed by atoms with Gasteiger partial charge in [0.15, 0.2) is 0 Å². The van der Waals surface area contributed by atoms with Crippen molar-refractivity contribution in [3.63, 3.8) is 0 Å². The minimum absolute atomic E-state index is 0.328. The second-order valence-electron chi connectivity index (χ2n) is 8.41. The highest BCUT2D eigenvalue weighted by Gasteiger charge is 2.59. The minimum Gasteiger partial charge on any atom is -0.497 e. The Morgan fingerprint density at radius 1 is 0.920 bits per heavy atom. The molecule has 0 radical (unpaired) electrons. The Morgan fingerprint density at radius 2 is 1.52 bits per heavy atom. The van der Waals surface area contributed by atoms with E-state index in [4.69, 9.17) is 4.74 Å². The Kier molecular flexibility index (Phi) is 4.23. The zero-order valence-corrected chi connectivity index (χ0v) is 16.5. The van der Waals surface area contributed by atoms with Crippen LogP contribution in [0.1, 0.15) is 81.2 Å². The molecule has 0 fully saturated rings. The summed E-state index contributed by atoms with van der Waals surface area (Å²) in [5, 5.41) is 11.8. The van der Waals surface area contributed by atoms with Gasteiger partial charge in [-0.15, -0.1) is 0 Å². The highest BCUT2D eigenvalue weighted by Crippen LogP contribution is 2.60. The molecule has 3 rings (SSSR count). The lowest BCUT2D eigenvalue weighted by molar-refractivity contribution is -0.0255. The van der Waals surface area contributed by atoms with Gasteiger partial charge in [-0.3, -0.25) is 0 Å². The number of rotatable bonds is 4. The molecule has 2 heteroatoms. The van der Waals surface area contributed by atoms with E-state index in [-0.39, 0.29) is 5.41 Å². The SMILES string of the molecule is COc1ccc(C2(O)c3c(C(C)C)cc(C(C)C)cc3C2(C)C)cc1. The Balaban J connectivity index is 2.24. The van der Waals surface area contributed by atoms with Crippen molar-refractivity contribution >= 4 is 0 Å². The average Bonchev–Trinajstić information content (AvgIpc) is 2.59. The van der Waals surface area contributed by atoms with E-state index < -0.39 is 5.60 Å². The van der Waals surface area contributed by atoms with Crippen molar-refractivity contribution in [2.45, 2.75) is 64.4 Å². The summed E-state index contributed by atoms with van der Waals surface area (Å²) in [4.78, 5) is 0. The van der Waals surface area contributed by atoms with Crippen molar-refractivity contribution < 1.29 is 9.84 Å². The van der Waals surface area contributed by atoms with E-state index in [9.17, 15) is 5.11 Å². The van der Waals surface area contributed by atoms with Gasteiger partial charge in [-0.25, -0.2) is 0 Å². The zero-order chi connectivity index (χ0) is 18.6. The lowest BCUT2D eigenvalue weighted by Gasteiger charge is -2.56. The van der Waals surface area contributed by atoms with E-state index in [1.54, 1.807) is 7.11 Å². The van der Waals surface area contributed by atoms with Crippen molar-refractivity contribution in [2.24, 2.45) is 0 Å². The van der Waals surface area contributed by atoms with Crippen molar-refractivity contribution in [1.82, 2.24) is 0 Å². The molecule has 0 heterocycles. The van der Waals surface area contributed by atoms with Crippen LogP contribution in [0.2, 0.25) is 0 Å². The van der Waals surface area contributed by atoms with Gasteiger partial charge in [0.2, 0.25) is 0 Å². The molecule has 0 spiro atoms. The highest BCUT2D eigenvalue weighted by molar-refractivity contribution is 5.63. The van der Waals surface area contributed by atoms with E-state index in [1.165, 1.54) is 16.7 Å². The third-order valence-corrected chi connectivity index (χ3v) is 5.93. The summed E-state index contributed by atoms with van der Waals surface area (Å²) in [5.74, 6) is 1.66. The molecule has 134 valence electrons. The van der Waals surface area contributed by atoms with E-state index in [0.29, 0.717) is 11.8 Å². The molecule has 1 N–H and O–H groups in total. The monoisotopic (exact) mass is 338 g/mol. The van der Waals surface area contributed by atoms with Crippen LogP contribution >= 0.6 is 0 Å². The molecule has 2 aromatic carbocycles. The summed E-state index contributed by atoms with van der Waals surface area (Å²) in [6.07, 6.45) is 0. The van der Waals surface area contributed by atoms with Gasteiger partial charge in [0.1, 0.15) is 11.4 Å². The van der Waals surface area contributed by atoms with Gasteiger partial charge < -0.3 is 9.84 Å². The second-order valence-corrected chi connectivity index (χ2v) is 8.41. The maximum atomic E-state index is 11.8. The standard InChI is InChI=1S/C23H30O2/c1-14(2)16-12-19(15(3)4)21-20(13-16)22(5,6)23(21,24)17-8-10-18(25-7)11-9-17/h8-15,24H,1-7H3. The van der Waals surface area contributed by atoms with Crippen molar-refractivity contribution in [2.75, 3.05) is 7.11 Å². The summed E-state index contributed by atoms with van der Waals surface area (Å²) in [6, 6.07) is 12.4. The number of ether oxygens (including phenoxy) is 1. The fourth-order valence-corrected chi connectivity index (χ4v) is 4.16. The molecular formula is C23H30O2. The van der Waals surface area contributed by atoms with Crippen LogP contribution in [0.25, 0.3) is 0 Å². The highest BCUT2D eigenvalue weighted by atomic mass is 16.5. The molecule has 0 aliphatic heterocycles. The summed E-state index contributed by atoms with van der Waals surface area (Å²) in [5.41, 5.74) is 4.63. The van der Waals surface area contributed by atoms with Gasteiger partial charge in [-0.05, 0) is 51.8 Å². The van der Waals surface area contributed by atoms with E-state index in [2.05, 4.69) is 53.7 Å². The molecule has 2 nitrogen and oxygen atoms in total. The van der Waals surface area contributed by atoms with Crippen LogP contribution in [0.3, 0.4) is 0 Å². The minimum atomic E-state index is -0.969. The quantitative estimate of drug-likeness (QED) is 0.801. The van der Waals surface area contributed by atoms with Crippen LogP contribution in [0.4, 0.5) is 0 Å². The zero-order valence-electron chi connectivity index (χ0n) is 16.5. The lowest BCUT2D eigenvalue weighted by atomic mass is 9.50. The summed E-state index contributed by atoms with van der Waals surface area (Å²) in [6.45, 7) is 13.2. The maximum absolute atomic E-state index is 11.8. The first-order chi connectivity index (χ1) is 11.6. The molecule has 25 heavy (non-hydrogen) atoms. The molecule has 0 amide bonds. The molecular weight excluding hydrogens is 308 g/mol. The molecule has 0 saturated carbocycles. The molecule has 1 aliphatic rings. The summed E-state index contributed by atoms with van der Waals surface area (Å²) < 4.78 is 5.28. The number of hydrogen-bond acceptors (Lipinski definition) is 2. The van der Waals surface area contributed by atoms with Gasteiger partial charge in [-0.2, -0.15) is 0 Å². The third-order valence-electron chi connectivity index (χ3n) is 5.93. The molecule has 1 atom stereocenters. The Bertz CT molecular complexity index is 767. The van der Waals surface area contributed by atoms with E-state index in [1.807, 2.05) is 24.3 Å². The first-order valence-electron chi connectivity index (χ1n) is 9.20. The van der Waals surface area contributed by atoms with Crippen LogP contribution in [0.5, 0.6) is 5.75 Å². The van der Waals surface area contributed by atoms with E-state index >= 15 is 0 Å². The van der Waals surface area contributed by atoms with Crippen LogP contribution in [-0.2, 0) is 11.0 Å².